The lowest BCUT2D eigenvalue weighted by Gasteiger charge is -2.16. The molecule has 3 heterocycles. The van der Waals surface area contributed by atoms with E-state index in [1.165, 1.54) is 17.2 Å². The lowest BCUT2D eigenvalue weighted by molar-refractivity contribution is -0.0511. The molecule has 0 saturated carbocycles. The summed E-state index contributed by atoms with van der Waals surface area (Å²) in [6.07, 6.45) is -1.42. The maximum Gasteiger partial charge on any atom is 0.167 e. The Hall–Kier alpha value is -1.81. The summed E-state index contributed by atoms with van der Waals surface area (Å²) >= 11 is 0. The fourth-order valence-corrected chi connectivity index (χ4v) is 2.17. The third kappa shape index (κ3) is 1.75. The second-order valence-electron chi connectivity index (χ2n) is 4.31. The Bertz CT molecular complexity index is 603. The summed E-state index contributed by atoms with van der Waals surface area (Å²) in [7, 11) is 0. The number of nitrogen functional groups attached to an aromatic ring is 1. The van der Waals surface area contributed by atoms with E-state index in [1.54, 1.807) is 0 Å². The van der Waals surface area contributed by atoms with Gasteiger partial charge in [0.15, 0.2) is 17.7 Å². The van der Waals surface area contributed by atoms with Gasteiger partial charge in [-0.05, 0) is 0 Å². The van der Waals surface area contributed by atoms with Gasteiger partial charge < -0.3 is 25.8 Å². The smallest absolute Gasteiger partial charge is 0.167 e. The van der Waals surface area contributed by atoms with Crippen molar-refractivity contribution in [3.63, 3.8) is 0 Å². The van der Waals surface area contributed by atoms with Crippen LogP contribution in [0.1, 0.15) is 6.23 Å². The SMILES string of the molecule is Nc1ncnc2c1ncn2[C@@H]1OC(CO)[C@@H](O)[C@H]1O. The summed E-state index contributed by atoms with van der Waals surface area (Å²) in [6, 6.07) is 0. The normalized spacial score (nSPS) is 31.1. The molecule has 1 fully saturated rings. The van der Waals surface area contributed by atoms with Crippen LogP contribution in [0.25, 0.3) is 11.2 Å². The van der Waals surface area contributed by atoms with Gasteiger partial charge in [-0.15, -0.1) is 0 Å². The number of hydrogen-bond donors (Lipinski definition) is 4. The molecule has 0 spiro atoms. The van der Waals surface area contributed by atoms with Gasteiger partial charge >= 0.3 is 0 Å². The average Bonchev–Trinajstić information content (AvgIpc) is 2.94. The first-order valence-electron chi connectivity index (χ1n) is 5.69. The first-order chi connectivity index (χ1) is 9.13. The number of aliphatic hydroxyl groups is 3. The predicted octanol–water partition coefficient (Wildman–Crippen LogP) is -1.98. The first-order valence-corrected chi connectivity index (χ1v) is 5.69. The summed E-state index contributed by atoms with van der Waals surface area (Å²) in [5, 5.41) is 28.7. The fourth-order valence-electron chi connectivity index (χ4n) is 2.17. The van der Waals surface area contributed by atoms with Crippen LogP contribution in [0.3, 0.4) is 0 Å². The highest BCUT2D eigenvalue weighted by Crippen LogP contribution is 2.31. The number of aromatic nitrogens is 4. The largest absolute Gasteiger partial charge is 0.394 e. The van der Waals surface area contributed by atoms with Gasteiger partial charge in [-0.2, -0.15) is 0 Å². The average molecular weight is 267 g/mol. The van der Waals surface area contributed by atoms with E-state index in [0.29, 0.717) is 11.2 Å². The van der Waals surface area contributed by atoms with E-state index in [-0.39, 0.29) is 5.82 Å². The van der Waals surface area contributed by atoms with Crippen LogP contribution in [-0.2, 0) is 4.74 Å². The Kier molecular flexibility index (Phi) is 2.82. The van der Waals surface area contributed by atoms with E-state index >= 15 is 0 Å². The van der Waals surface area contributed by atoms with E-state index < -0.39 is 31.1 Å². The molecule has 0 bridgehead atoms. The van der Waals surface area contributed by atoms with E-state index in [1.807, 2.05) is 0 Å². The Labute approximate surface area is 107 Å². The van der Waals surface area contributed by atoms with Gasteiger partial charge in [-0.25, -0.2) is 15.0 Å². The van der Waals surface area contributed by atoms with Gasteiger partial charge in [-0.3, -0.25) is 4.57 Å². The summed E-state index contributed by atoms with van der Waals surface area (Å²) in [5.74, 6) is 0.218. The maximum atomic E-state index is 9.95. The number of hydrogen-bond acceptors (Lipinski definition) is 8. The van der Waals surface area contributed by atoms with Crippen LogP contribution < -0.4 is 5.73 Å². The second-order valence-corrected chi connectivity index (χ2v) is 4.31. The Morgan fingerprint density at radius 3 is 2.74 bits per heavy atom. The van der Waals surface area contributed by atoms with Crippen molar-refractivity contribution in [3.05, 3.63) is 12.7 Å². The quantitative estimate of drug-likeness (QED) is 0.491. The van der Waals surface area contributed by atoms with E-state index in [2.05, 4.69) is 15.0 Å². The molecule has 1 saturated heterocycles. The van der Waals surface area contributed by atoms with Crippen molar-refractivity contribution in [2.45, 2.75) is 24.5 Å². The molecule has 0 amide bonds. The molecule has 5 N–H and O–H groups in total. The third-order valence-electron chi connectivity index (χ3n) is 3.18. The summed E-state index contributed by atoms with van der Waals surface area (Å²) in [4.78, 5) is 11.9. The van der Waals surface area contributed by atoms with Crippen molar-refractivity contribution in [2.24, 2.45) is 0 Å². The summed E-state index contributed by atoms with van der Waals surface area (Å²) in [6.45, 7) is -0.390. The summed E-state index contributed by atoms with van der Waals surface area (Å²) < 4.78 is 6.85. The number of aliphatic hydroxyl groups excluding tert-OH is 3. The van der Waals surface area contributed by atoms with Crippen LogP contribution in [0, 0.1) is 0 Å². The Balaban J connectivity index is 2.04. The van der Waals surface area contributed by atoms with Crippen LogP contribution in [0.5, 0.6) is 0 Å². The fraction of sp³-hybridized carbons (Fsp3) is 0.500. The molecule has 3 rings (SSSR count). The van der Waals surface area contributed by atoms with Crippen molar-refractivity contribution in [1.82, 2.24) is 19.5 Å². The molecule has 102 valence electrons. The molecular weight excluding hydrogens is 254 g/mol. The van der Waals surface area contributed by atoms with Gasteiger partial charge in [0.05, 0.1) is 12.9 Å². The zero-order valence-corrected chi connectivity index (χ0v) is 9.79. The number of imidazole rings is 1. The summed E-state index contributed by atoms with van der Waals surface area (Å²) in [5.41, 5.74) is 6.44. The number of nitrogens with two attached hydrogens (primary N) is 1. The zero-order chi connectivity index (χ0) is 13.6. The molecule has 19 heavy (non-hydrogen) atoms. The van der Waals surface area contributed by atoms with Crippen LogP contribution >= 0.6 is 0 Å². The van der Waals surface area contributed by atoms with Crippen molar-refractivity contribution in [2.75, 3.05) is 12.3 Å². The molecule has 9 nitrogen and oxygen atoms in total. The molecule has 0 radical (unpaired) electrons. The van der Waals surface area contributed by atoms with Crippen LogP contribution in [0.4, 0.5) is 5.82 Å². The highest BCUT2D eigenvalue weighted by Gasteiger charge is 2.43. The van der Waals surface area contributed by atoms with Crippen LogP contribution in [0.2, 0.25) is 0 Å². The lowest BCUT2D eigenvalue weighted by atomic mass is 10.1. The molecular formula is C10H13N5O4. The van der Waals surface area contributed by atoms with Crippen molar-refractivity contribution < 1.29 is 20.1 Å². The van der Waals surface area contributed by atoms with Crippen LogP contribution in [-0.4, -0.2) is 59.8 Å². The molecule has 1 aliphatic heterocycles. The van der Waals surface area contributed by atoms with Gasteiger partial charge in [0.1, 0.15) is 30.2 Å². The zero-order valence-electron chi connectivity index (χ0n) is 9.79. The molecule has 4 atom stereocenters. The van der Waals surface area contributed by atoms with E-state index in [4.69, 9.17) is 15.6 Å². The first kappa shape index (κ1) is 12.2. The monoisotopic (exact) mass is 267 g/mol. The highest BCUT2D eigenvalue weighted by molar-refractivity contribution is 5.81. The van der Waals surface area contributed by atoms with Gasteiger partial charge in [0.25, 0.3) is 0 Å². The molecule has 1 unspecified atom stereocenters. The topological polar surface area (TPSA) is 140 Å². The molecule has 2 aromatic heterocycles. The number of rotatable bonds is 2. The minimum absolute atomic E-state index is 0.218. The molecule has 0 aliphatic carbocycles. The number of ether oxygens (including phenoxy) is 1. The van der Waals surface area contributed by atoms with E-state index in [0.717, 1.165) is 0 Å². The standard InChI is InChI=1S/C10H13N5O4/c11-8-5-9(13-2-12-8)15(3-14-5)10-7(18)6(17)4(1-16)19-10/h2-4,6-7,10,16-18H,1H2,(H2,11,12,13)/t4?,6-,7-,10-/m1/s1. The minimum atomic E-state index is -1.19. The maximum absolute atomic E-state index is 9.95. The van der Waals surface area contributed by atoms with Crippen molar-refractivity contribution >= 4 is 17.0 Å². The van der Waals surface area contributed by atoms with Crippen LogP contribution in [0.15, 0.2) is 12.7 Å². The molecule has 1 aliphatic rings. The third-order valence-corrected chi connectivity index (χ3v) is 3.18. The highest BCUT2D eigenvalue weighted by atomic mass is 16.6. The number of anilines is 1. The van der Waals surface area contributed by atoms with Gasteiger partial charge in [0, 0.05) is 0 Å². The number of fused-ring (bicyclic) bond motifs is 1. The molecule has 0 aromatic carbocycles. The van der Waals surface area contributed by atoms with Crippen molar-refractivity contribution in [3.8, 4) is 0 Å². The predicted molar refractivity (Wildman–Crippen MR) is 62.7 cm³/mol. The Morgan fingerprint density at radius 2 is 2.05 bits per heavy atom. The van der Waals surface area contributed by atoms with E-state index in [9.17, 15) is 10.2 Å². The molecule has 9 heteroatoms. The minimum Gasteiger partial charge on any atom is -0.394 e. The Morgan fingerprint density at radius 1 is 1.26 bits per heavy atom. The second kappa shape index (κ2) is 4.38. The van der Waals surface area contributed by atoms with Gasteiger partial charge in [0.2, 0.25) is 0 Å². The lowest BCUT2D eigenvalue weighted by Crippen LogP contribution is -2.33. The van der Waals surface area contributed by atoms with Crippen molar-refractivity contribution in [1.29, 1.82) is 0 Å². The molecule has 2 aromatic rings. The number of nitrogens with zero attached hydrogens (tertiary/aromatic N) is 4. The van der Waals surface area contributed by atoms with Gasteiger partial charge in [-0.1, -0.05) is 0 Å².